The number of fused-ring (bicyclic) bond motifs is 1. The summed E-state index contributed by atoms with van der Waals surface area (Å²) in [6.45, 7) is 2.58. The van der Waals surface area contributed by atoms with Gasteiger partial charge >= 0.3 is 6.03 Å². The standard InChI is InChI=1S/C21H20N8O2/c1-2-24-21(31)27-20-26-18-10-16(15-6-4-8-23-13-15)9-17(29(18)28-20)19(30)25-12-14-5-3-7-22-11-14/h3-11,13H,2,12H2,1H3,(H,25,30)(H2,24,27,28,31). The molecule has 10 heteroatoms. The zero-order chi connectivity index (χ0) is 21.6. The second-order valence-electron chi connectivity index (χ2n) is 6.60. The van der Waals surface area contributed by atoms with Crippen LogP contribution in [0.2, 0.25) is 0 Å². The zero-order valence-electron chi connectivity index (χ0n) is 16.7. The van der Waals surface area contributed by atoms with Gasteiger partial charge in [0.25, 0.3) is 11.9 Å². The maximum Gasteiger partial charge on any atom is 0.321 e. The van der Waals surface area contributed by atoms with Crippen molar-refractivity contribution in [3.05, 3.63) is 72.4 Å². The van der Waals surface area contributed by atoms with Gasteiger partial charge < -0.3 is 10.6 Å². The van der Waals surface area contributed by atoms with Crippen molar-refractivity contribution in [2.75, 3.05) is 11.9 Å². The van der Waals surface area contributed by atoms with Gasteiger partial charge in [0.15, 0.2) is 5.65 Å². The minimum absolute atomic E-state index is 0.0931. The average molecular weight is 416 g/mol. The molecule has 0 aromatic carbocycles. The molecule has 10 nitrogen and oxygen atoms in total. The first-order chi connectivity index (χ1) is 15.1. The van der Waals surface area contributed by atoms with E-state index in [4.69, 9.17) is 0 Å². The highest BCUT2D eigenvalue weighted by molar-refractivity contribution is 5.95. The fraction of sp³-hybridized carbons (Fsp3) is 0.143. The number of hydrogen-bond donors (Lipinski definition) is 3. The Morgan fingerprint density at radius 3 is 2.52 bits per heavy atom. The SMILES string of the molecule is CCNC(=O)Nc1nc2cc(-c3cccnc3)cc(C(=O)NCc3cccnc3)n2n1. The van der Waals surface area contributed by atoms with Crippen LogP contribution in [0.3, 0.4) is 0 Å². The number of carbonyl (C=O) groups excluding carboxylic acids is 2. The first-order valence-corrected chi connectivity index (χ1v) is 9.67. The highest BCUT2D eigenvalue weighted by Crippen LogP contribution is 2.22. The van der Waals surface area contributed by atoms with E-state index in [0.717, 1.165) is 16.7 Å². The molecule has 0 aliphatic rings. The summed E-state index contributed by atoms with van der Waals surface area (Å²) in [4.78, 5) is 37.4. The molecule has 0 aliphatic heterocycles. The Labute approximate surface area is 177 Å². The van der Waals surface area contributed by atoms with Crippen molar-refractivity contribution >= 4 is 23.5 Å². The van der Waals surface area contributed by atoms with E-state index < -0.39 is 6.03 Å². The van der Waals surface area contributed by atoms with Gasteiger partial charge in [0, 0.05) is 43.4 Å². The van der Waals surface area contributed by atoms with E-state index in [1.165, 1.54) is 4.52 Å². The Hall–Kier alpha value is -4.34. The summed E-state index contributed by atoms with van der Waals surface area (Å²) in [5.74, 6) is -0.246. The van der Waals surface area contributed by atoms with Gasteiger partial charge in [0.1, 0.15) is 5.69 Å². The lowest BCUT2D eigenvalue weighted by molar-refractivity contribution is 0.0943. The molecule has 4 rings (SSSR count). The van der Waals surface area contributed by atoms with Gasteiger partial charge in [-0.05, 0) is 42.3 Å². The molecule has 0 saturated heterocycles. The molecule has 4 aromatic heterocycles. The molecule has 4 heterocycles. The van der Waals surface area contributed by atoms with Gasteiger partial charge in [0.05, 0.1) is 0 Å². The van der Waals surface area contributed by atoms with Crippen LogP contribution in [0, 0.1) is 0 Å². The van der Waals surface area contributed by atoms with Crippen LogP contribution in [0.25, 0.3) is 16.8 Å². The quantitative estimate of drug-likeness (QED) is 0.443. The normalized spacial score (nSPS) is 10.6. The summed E-state index contributed by atoms with van der Waals surface area (Å²) in [7, 11) is 0. The third kappa shape index (κ3) is 4.64. The maximum absolute atomic E-state index is 13.0. The summed E-state index contributed by atoms with van der Waals surface area (Å²) in [5, 5.41) is 12.4. The molecule has 0 aliphatic carbocycles. The van der Waals surface area contributed by atoms with E-state index >= 15 is 0 Å². The molecule has 3 amide bonds. The molecule has 3 N–H and O–H groups in total. The topological polar surface area (TPSA) is 126 Å². The van der Waals surface area contributed by atoms with Crippen LogP contribution in [0.15, 0.2) is 61.2 Å². The predicted octanol–water partition coefficient (Wildman–Crippen LogP) is 2.26. The van der Waals surface area contributed by atoms with Crippen molar-refractivity contribution in [1.29, 1.82) is 0 Å². The van der Waals surface area contributed by atoms with Crippen LogP contribution in [0.5, 0.6) is 0 Å². The van der Waals surface area contributed by atoms with Gasteiger partial charge in [-0.2, -0.15) is 4.98 Å². The third-order valence-electron chi connectivity index (χ3n) is 4.40. The molecule has 0 bridgehead atoms. The lowest BCUT2D eigenvalue weighted by Gasteiger charge is -2.09. The number of hydrogen-bond acceptors (Lipinski definition) is 6. The lowest BCUT2D eigenvalue weighted by atomic mass is 10.1. The summed E-state index contributed by atoms with van der Waals surface area (Å²) in [5.41, 5.74) is 3.14. The molecule has 156 valence electrons. The molecule has 31 heavy (non-hydrogen) atoms. The summed E-state index contributed by atoms with van der Waals surface area (Å²) in [6.07, 6.45) is 6.74. The molecule has 0 spiro atoms. The van der Waals surface area contributed by atoms with Crippen molar-refractivity contribution in [3.8, 4) is 11.1 Å². The predicted molar refractivity (Wildman–Crippen MR) is 114 cm³/mol. The second-order valence-corrected chi connectivity index (χ2v) is 6.60. The van der Waals surface area contributed by atoms with Crippen molar-refractivity contribution in [3.63, 3.8) is 0 Å². The average Bonchev–Trinajstić information content (AvgIpc) is 3.20. The summed E-state index contributed by atoms with van der Waals surface area (Å²) >= 11 is 0. The van der Waals surface area contributed by atoms with Crippen LogP contribution in [0.4, 0.5) is 10.7 Å². The molecular weight excluding hydrogens is 396 g/mol. The number of anilines is 1. The van der Waals surface area contributed by atoms with Crippen molar-refractivity contribution in [1.82, 2.24) is 35.2 Å². The number of nitrogens with zero attached hydrogens (tertiary/aromatic N) is 5. The first kappa shape index (κ1) is 20.0. The van der Waals surface area contributed by atoms with E-state index in [2.05, 4.69) is 36.0 Å². The lowest BCUT2D eigenvalue weighted by Crippen LogP contribution is -2.28. The number of amides is 3. The monoisotopic (exact) mass is 416 g/mol. The van der Waals surface area contributed by atoms with E-state index in [1.807, 2.05) is 25.1 Å². The number of carbonyl (C=O) groups is 2. The van der Waals surface area contributed by atoms with E-state index in [0.29, 0.717) is 18.7 Å². The minimum atomic E-state index is -0.423. The highest BCUT2D eigenvalue weighted by Gasteiger charge is 2.17. The van der Waals surface area contributed by atoms with Crippen LogP contribution < -0.4 is 16.0 Å². The summed E-state index contributed by atoms with van der Waals surface area (Å²) < 4.78 is 1.40. The van der Waals surface area contributed by atoms with Crippen LogP contribution >= 0.6 is 0 Å². The third-order valence-corrected chi connectivity index (χ3v) is 4.40. The van der Waals surface area contributed by atoms with Gasteiger partial charge in [-0.1, -0.05) is 12.1 Å². The zero-order valence-corrected chi connectivity index (χ0v) is 16.7. The van der Waals surface area contributed by atoms with Crippen LogP contribution in [0.1, 0.15) is 23.0 Å². The van der Waals surface area contributed by atoms with Gasteiger partial charge in [-0.15, -0.1) is 5.10 Å². The van der Waals surface area contributed by atoms with Gasteiger partial charge in [-0.3, -0.25) is 20.1 Å². The Morgan fingerprint density at radius 2 is 1.81 bits per heavy atom. The number of rotatable bonds is 6. The highest BCUT2D eigenvalue weighted by atomic mass is 16.2. The van der Waals surface area contributed by atoms with Crippen molar-refractivity contribution < 1.29 is 9.59 Å². The minimum Gasteiger partial charge on any atom is -0.347 e. The molecule has 0 atom stereocenters. The smallest absolute Gasteiger partial charge is 0.321 e. The molecule has 0 fully saturated rings. The molecule has 4 aromatic rings. The fourth-order valence-corrected chi connectivity index (χ4v) is 2.98. The molecule has 0 saturated carbocycles. The number of nitrogens with one attached hydrogen (secondary N) is 3. The van der Waals surface area contributed by atoms with E-state index in [9.17, 15) is 9.59 Å². The van der Waals surface area contributed by atoms with Crippen molar-refractivity contribution in [2.45, 2.75) is 13.5 Å². The van der Waals surface area contributed by atoms with Gasteiger partial charge in [-0.25, -0.2) is 9.31 Å². The molecular formula is C21H20N8O2. The van der Waals surface area contributed by atoms with Crippen LogP contribution in [-0.4, -0.2) is 43.0 Å². The Morgan fingerprint density at radius 1 is 1.00 bits per heavy atom. The Bertz CT molecular complexity index is 1210. The Balaban J connectivity index is 1.70. The second kappa shape index (κ2) is 8.99. The molecule has 0 unspecified atom stereocenters. The Kier molecular flexibility index (Phi) is 5.79. The fourth-order valence-electron chi connectivity index (χ4n) is 2.98. The molecule has 0 radical (unpaired) electrons. The number of urea groups is 1. The van der Waals surface area contributed by atoms with E-state index in [-0.39, 0.29) is 17.5 Å². The van der Waals surface area contributed by atoms with Crippen molar-refractivity contribution in [2.24, 2.45) is 0 Å². The summed E-state index contributed by atoms with van der Waals surface area (Å²) in [6, 6.07) is 10.5. The van der Waals surface area contributed by atoms with Gasteiger partial charge in [0.2, 0.25) is 0 Å². The number of pyridine rings is 3. The number of aromatic nitrogens is 5. The maximum atomic E-state index is 13.0. The van der Waals surface area contributed by atoms with E-state index in [1.54, 1.807) is 43.0 Å². The first-order valence-electron chi connectivity index (χ1n) is 9.67. The van der Waals surface area contributed by atoms with Crippen LogP contribution in [-0.2, 0) is 6.54 Å². The largest absolute Gasteiger partial charge is 0.347 e.